The number of nitrogens with zero attached hydrogens (tertiary/aromatic N) is 3. The van der Waals surface area contributed by atoms with Gasteiger partial charge in [-0.05, 0) is 66.3 Å². The summed E-state index contributed by atoms with van der Waals surface area (Å²) in [7, 11) is 0. The molecule has 0 radical (unpaired) electrons. The third-order valence-electron chi connectivity index (χ3n) is 6.68. The fourth-order valence-corrected chi connectivity index (χ4v) is 5.67. The second kappa shape index (κ2) is 8.25. The Morgan fingerprint density at radius 3 is 2.82 bits per heavy atom. The van der Waals surface area contributed by atoms with E-state index in [1.165, 1.54) is 11.3 Å². The number of pyridine rings is 1. The summed E-state index contributed by atoms with van der Waals surface area (Å²) in [6, 6.07) is 14.9. The van der Waals surface area contributed by atoms with E-state index in [0.29, 0.717) is 46.7 Å². The Bertz CT molecular complexity index is 1500. The van der Waals surface area contributed by atoms with Gasteiger partial charge in [-0.1, -0.05) is 35.1 Å². The summed E-state index contributed by atoms with van der Waals surface area (Å²) in [4.78, 5) is 33.1. The molecule has 34 heavy (non-hydrogen) atoms. The van der Waals surface area contributed by atoms with Gasteiger partial charge >= 0.3 is 0 Å². The molecule has 6 rings (SSSR count). The number of carbonyl (C=O) groups excluding carboxylic acids is 1. The van der Waals surface area contributed by atoms with Crippen LogP contribution in [0.4, 0.5) is 5.13 Å². The topological polar surface area (TPSA) is 81.2 Å². The van der Waals surface area contributed by atoms with Crippen LogP contribution in [0.2, 0.25) is 5.02 Å². The number of aromatic nitrogens is 2. The number of amides is 1. The molecule has 6 nitrogen and oxygen atoms in total. The van der Waals surface area contributed by atoms with Gasteiger partial charge in [-0.15, -0.1) is 0 Å². The van der Waals surface area contributed by atoms with E-state index in [2.05, 4.69) is 4.98 Å². The summed E-state index contributed by atoms with van der Waals surface area (Å²) in [5.74, 6) is 0.525. The molecular formula is C26H23ClN4O2S. The van der Waals surface area contributed by atoms with Gasteiger partial charge < -0.3 is 15.2 Å². The largest absolute Gasteiger partial charge is 0.375 e. The highest BCUT2D eigenvalue weighted by atomic mass is 35.5. The van der Waals surface area contributed by atoms with Crippen molar-refractivity contribution in [2.45, 2.75) is 32.4 Å². The van der Waals surface area contributed by atoms with E-state index < -0.39 is 0 Å². The molecule has 8 heteroatoms. The molecule has 2 aliphatic rings. The average Bonchev–Trinajstić information content (AvgIpc) is 3.57. The van der Waals surface area contributed by atoms with Crippen LogP contribution in [-0.4, -0.2) is 26.9 Å². The highest BCUT2D eigenvalue weighted by molar-refractivity contribution is 7.22. The van der Waals surface area contributed by atoms with E-state index in [1.807, 2.05) is 51.9 Å². The molecule has 0 spiro atoms. The normalized spacial score (nSPS) is 15.5. The molecule has 1 aliphatic carbocycles. The second-order valence-corrected chi connectivity index (χ2v) is 10.6. The van der Waals surface area contributed by atoms with E-state index in [1.54, 1.807) is 6.07 Å². The van der Waals surface area contributed by atoms with Crippen molar-refractivity contribution in [3.63, 3.8) is 0 Å². The molecule has 3 heterocycles. The van der Waals surface area contributed by atoms with Crippen LogP contribution >= 0.6 is 22.9 Å². The number of rotatable bonds is 4. The predicted octanol–water partition coefficient (Wildman–Crippen LogP) is 4.97. The summed E-state index contributed by atoms with van der Waals surface area (Å²) in [6.45, 7) is 1.78. The molecule has 2 aromatic heterocycles. The van der Waals surface area contributed by atoms with Crippen molar-refractivity contribution in [2.75, 3.05) is 12.3 Å². The monoisotopic (exact) mass is 490 g/mol. The van der Waals surface area contributed by atoms with E-state index in [4.69, 9.17) is 17.3 Å². The first-order chi connectivity index (χ1) is 16.5. The van der Waals surface area contributed by atoms with E-state index >= 15 is 0 Å². The maximum atomic E-state index is 13.5. The van der Waals surface area contributed by atoms with Crippen molar-refractivity contribution in [1.29, 1.82) is 0 Å². The van der Waals surface area contributed by atoms with Gasteiger partial charge in [-0.3, -0.25) is 9.59 Å². The van der Waals surface area contributed by atoms with Crippen molar-refractivity contribution < 1.29 is 4.79 Å². The minimum absolute atomic E-state index is 0.0271. The van der Waals surface area contributed by atoms with E-state index in [9.17, 15) is 9.59 Å². The number of hydrogen-bond acceptors (Lipinski definition) is 5. The number of anilines is 1. The van der Waals surface area contributed by atoms with Gasteiger partial charge in [-0.25, -0.2) is 4.98 Å². The van der Waals surface area contributed by atoms with E-state index in [-0.39, 0.29) is 11.5 Å². The summed E-state index contributed by atoms with van der Waals surface area (Å²) >= 11 is 7.64. The van der Waals surface area contributed by atoms with E-state index in [0.717, 1.165) is 46.4 Å². The molecule has 1 fully saturated rings. The van der Waals surface area contributed by atoms with Gasteiger partial charge in [0.2, 0.25) is 0 Å². The zero-order chi connectivity index (χ0) is 23.4. The molecule has 0 unspecified atom stereocenters. The first kappa shape index (κ1) is 21.4. The third-order valence-corrected chi connectivity index (χ3v) is 7.78. The van der Waals surface area contributed by atoms with Crippen LogP contribution in [0.25, 0.3) is 21.3 Å². The Hall–Kier alpha value is -3.16. The molecule has 4 aromatic rings. The minimum Gasteiger partial charge on any atom is -0.375 e. The Labute approximate surface area is 205 Å². The summed E-state index contributed by atoms with van der Waals surface area (Å²) in [5, 5.41) is 1.09. The lowest BCUT2D eigenvalue weighted by atomic mass is 9.98. The van der Waals surface area contributed by atoms with Crippen molar-refractivity contribution in [1.82, 2.24) is 14.5 Å². The van der Waals surface area contributed by atoms with Crippen LogP contribution in [0.5, 0.6) is 0 Å². The number of hydrogen-bond donors (Lipinski definition) is 1. The Balaban J connectivity index is 1.38. The fraction of sp³-hybridized carbons (Fsp3) is 0.269. The molecule has 2 aromatic carbocycles. The van der Waals surface area contributed by atoms with Crippen molar-refractivity contribution in [3.05, 3.63) is 80.7 Å². The molecule has 172 valence electrons. The zero-order valence-corrected chi connectivity index (χ0v) is 20.0. The van der Waals surface area contributed by atoms with Gasteiger partial charge in [0, 0.05) is 47.9 Å². The first-order valence-corrected chi connectivity index (χ1v) is 12.6. The quantitative estimate of drug-likeness (QED) is 0.438. The van der Waals surface area contributed by atoms with Crippen LogP contribution in [0.1, 0.15) is 34.5 Å². The maximum Gasteiger partial charge on any atom is 0.258 e. The molecule has 0 saturated heterocycles. The van der Waals surface area contributed by atoms with Crippen LogP contribution < -0.4 is 11.3 Å². The standard InChI is InChI=1S/C26H23ClN4O2S/c27-19-3-1-2-16(10-19)20-11-18-14-30(9-8-22(18)31(25(20)33)13-15-4-5-15)24(32)17-6-7-23-21(12-17)29-26(28)34-23/h1-3,6-7,10-12,15H,4-5,8-9,13-14H2,(H2,28,29). The third kappa shape index (κ3) is 3.89. The smallest absolute Gasteiger partial charge is 0.258 e. The van der Waals surface area contributed by atoms with Gasteiger partial charge in [0.05, 0.1) is 10.2 Å². The SMILES string of the molecule is Nc1nc2cc(C(=O)N3CCc4c(cc(-c5cccc(Cl)c5)c(=O)n4CC4CC4)C3)ccc2s1. The maximum absolute atomic E-state index is 13.5. The number of halogens is 1. The lowest BCUT2D eigenvalue weighted by Gasteiger charge is -2.31. The zero-order valence-electron chi connectivity index (χ0n) is 18.5. The minimum atomic E-state index is -0.0385. The molecule has 1 amide bonds. The van der Waals surface area contributed by atoms with Gasteiger partial charge in [0.1, 0.15) is 0 Å². The lowest BCUT2D eigenvalue weighted by Crippen LogP contribution is -2.39. The molecule has 2 N–H and O–H groups in total. The Kier molecular flexibility index (Phi) is 5.19. The number of thiazole rings is 1. The van der Waals surface area contributed by atoms with Crippen LogP contribution in [0.3, 0.4) is 0 Å². The summed E-state index contributed by atoms with van der Waals surface area (Å²) < 4.78 is 2.92. The molecule has 1 saturated carbocycles. The molecule has 0 bridgehead atoms. The number of benzene rings is 2. The van der Waals surface area contributed by atoms with Crippen LogP contribution in [0, 0.1) is 5.92 Å². The van der Waals surface area contributed by atoms with Crippen molar-refractivity contribution in [2.24, 2.45) is 5.92 Å². The predicted molar refractivity (Wildman–Crippen MR) is 136 cm³/mol. The lowest BCUT2D eigenvalue weighted by molar-refractivity contribution is 0.0732. The average molecular weight is 491 g/mol. The summed E-state index contributed by atoms with van der Waals surface area (Å²) in [6.07, 6.45) is 2.98. The number of nitrogens with two attached hydrogens (primary N) is 1. The van der Waals surface area contributed by atoms with Crippen LogP contribution in [-0.2, 0) is 19.5 Å². The molecule has 0 atom stereocenters. The van der Waals surface area contributed by atoms with Crippen molar-refractivity contribution in [3.8, 4) is 11.1 Å². The van der Waals surface area contributed by atoms with Crippen molar-refractivity contribution >= 4 is 44.2 Å². The van der Waals surface area contributed by atoms with Crippen LogP contribution in [0.15, 0.2) is 53.3 Å². The van der Waals surface area contributed by atoms with Gasteiger partial charge in [0.15, 0.2) is 5.13 Å². The number of carbonyl (C=O) groups is 1. The number of fused-ring (bicyclic) bond motifs is 2. The molecule has 1 aliphatic heterocycles. The Morgan fingerprint density at radius 2 is 2.03 bits per heavy atom. The van der Waals surface area contributed by atoms with Gasteiger partial charge in [-0.2, -0.15) is 0 Å². The highest BCUT2D eigenvalue weighted by Gasteiger charge is 2.29. The first-order valence-electron chi connectivity index (χ1n) is 11.4. The summed E-state index contributed by atoms with van der Waals surface area (Å²) in [5.41, 5.74) is 10.7. The molecular weight excluding hydrogens is 468 g/mol. The fourth-order valence-electron chi connectivity index (χ4n) is 4.77. The highest BCUT2D eigenvalue weighted by Crippen LogP contribution is 2.33. The Morgan fingerprint density at radius 1 is 1.18 bits per heavy atom. The second-order valence-electron chi connectivity index (χ2n) is 9.11. The number of nitrogen functional groups attached to an aromatic ring is 1. The van der Waals surface area contributed by atoms with Gasteiger partial charge in [0.25, 0.3) is 11.5 Å².